The van der Waals surface area contributed by atoms with Gasteiger partial charge in [-0.25, -0.2) is 0 Å². The zero-order chi connectivity index (χ0) is 17.4. The summed E-state index contributed by atoms with van der Waals surface area (Å²) in [5.74, 6) is 2.37. The molecule has 2 aromatic carbocycles. The summed E-state index contributed by atoms with van der Waals surface area (Å²) in [5.41, 5.74) is 2.26. The van der Waals surface area contributed by atoms with Crippen LogP contribution in [-0.2, 0) is 13.0 Å². The first-order chi connectivity index (χ1) is 11.7. The molecule has 0 aliphatic carbocycles. The van der Waals surface area contributed by atoms with Gasteiger partial charge in [0.25, 0.3) is 0 Å². The Hall–Kier alpha value is -1.91. The number of methoxy groups -OCH3 is 2. The third-order valence-electron chi connectivity index (χ3n) is 3.68. The van der Waals surface area contributed by atoms with E-state index in [9.17, 15) is 0 Å². The summed E-state index contributed by atoms with van der Waals surface area (Å²) in [6.45, 7) is 4.17. The Morgan fingerprint density at radius 3 is 2.42 bits per heavy atom. The van der Waals surface area contributed by atoms with Crippen molar-refractivity contribution in [3.63, 3.8) is 0 Å². The van der Waals surface area contributed by atoms with Crippen molar-refractivity contribution in [2.75, 3.05) is 27.4 Å². The second kappa shape index (κ2) is 9.40. The topological polar surface area (TPSA) is 39.7 Å². The van der Waals surface area contributed by atoms with Crippen molar-refractivity contribution in [1.82, 2.24) is 5.32 Å². The fourth-order valence-corrected chi connectivity index (χ4v) is 2.67. The molecule has 5 heteroatoms. The van der Waals surface area contributed by atoms with Crippen molar-refractivity contribution >= 4 is 11.6 Å². The fraction of sp³-hybridized carbons (Fsp3) is 0.368. The van der Waals surface area contributed by atoms with Crippen LogP contribution in [0.4, 0.5) is 0 Å². The Kier molecular flexibility index (Phi) is 7.22. The lowest BCUT2D eigenvalue weighted by molar-refractivity contribution is 0.335. The number of rotatable bonds is 9. The van der Waals surface area contributed by atoms with Crippen molar-refractivity contribution in [1.29, 1.82) is 0 Å². The van der Waals surface area contributed by atoms with Gasteiger partial charge in [-0.3, -0.25) is 0 Å². The minimum Gasteiger partial charge on any atom is -0.494 e. The van der Waals surface area contributed by atoms with Crippen molar-refractivity contribution in [2.24, 2.45) is 0 Å². The lowest BCUT2D eigenvalue weighted by atomic mass is 10.1. The van der Waals surface area contributed by atoms with Gasteiger partial charge in [-0.2, -0.15) is 0 Å². The summed E-state index contributed by atoms with van der Waals surface area (Å²) in [4.78, 5) is 0. The van der Waals surface area contributed by atoms with E-state index in [-0.39, 0.29) is 0 Å². The monoisotopic (exact) mass is 349 g/mol. The maximum absolute atomic E-state index is 6.08. The molecule has 0 saturated heterocycles. The molecular formula is C19H24ClNO3. The zero-order valence-corrected chi connectivity index (χ0v) is 15.2. The summed E-state index contributed by atoms with van der Waals surface area (Å²) in [6.07, 6.45) is 0.894. The van der Waals surface area contributed by atoms with Crippen LogP contribution >= 0.6 is 11.6 Å². The highest BCUT2D eigenvalue weighted by atomic mass is 35.5. The molecule has 0 spiro atoms. The average Bonchev–Trinajstić information content (AvgIpc) is 2.60. The summed E-state index contributed by atoms with van der Waals surface area (Å²) in [6, 6.07) is 11.7. The first kappa shape index (κ1) is 18.4. The molecule has 0 saturated carbocycles. The molecule has 0 heterocycles. The predicted molar refractivity (Wildman–Crippen MR) is 97.6 cm³/mol. The summed E-state index contributed by atoms with van der Waals surface area (Å²) in [5, 5.41) is 4.15. The largest absolute Gasteiger partial charge is 0.494 e. The number of ether oxygens (including phenoxy) is 3. The SMILES string of the molecule is CCOc1ccc(Cl)cc1CNCCc1ccc(OC)c(OC)c1. The average molecular weight is 350 g/mol. The van der Waals surface area contributed by atoms with Crippen LogP contribution in [0.15, 0.2) is 36.4 Å². The molecule has 1 N–H and O–H groups in total. The lowest BCUT2D eigenvalue weighted by Gasteiger charge is -2.12. The van der Waals surface area contributed by atoms with Crippen molar-refractivity contribution < 1.29 is 14.2 Å². The first-order valence-electron chi connectivity index (χ1n) is 8.00. The second-order valence-electron chi connectivity index (χ2n) is 5.30. The molecule has 0 bridgehead atoms. The van der Waals surface area contributed by atoms with Gasteiger partial charge in [0, 0.05) is 17.1 Å². The maximum atomic E-state index is 6.08. The van der Waals surface area contributed by atoms with Gasteiger partial charge in [0.05, 0.1) is 20.8 Å². The van der Waals surface area contributed by atoms with Gasteiger partial charge in [-0.05, 0) is 55.8 Å². The molecule has 4 nitrogen and oxygen atoms in total. The quantitative estimate of drug-likeness (QED) is 0.692. The van der Waals surface area contributed by atoms with Crippen LogP contribution in [0.25, 0.3) is 0 Å². The molecule has 0 aliphatic heterocycles. The van der Waals surface area contributed by atoms with Gasteiger partial charge in [0.15, 0.2) is 11.5 Å². The van der Waals surface area contributed by atoms with Crippen molar-refractivity contribution in [3.8, 4) is 17.2 Å². The van der Waals surface area contributed by atoms with Crippen LogP contribution in [0.5, 0.6) is 17.2 Å². The third-order valence-corrected chi connectivity index (χ3v) is 3.91. The highest BCUT2D eigenvalue weighted by molar-refractivity contribution is 6.30. The third kappa shape index (κ3) is 5.05. The molecule has 0 aromatic heterocycles. The molecule has 0 amide bonds. The molecule has 0 fully saturated rings. The summed E-state index contributed by atoms with van der Waals surface area (Å²) < 4.78 is 16.2. The Balaban J connectivity index is 1.90. The Morgan fingerprint density at radius 1 is 0.958 bits per heavy atom. The number of nitrogens with one attached hydrogen (secondary N) is 1. The van der Waals surface area contributed by atoms with E-state index < -0.39 is 0 Å². The Morgan fingerprint density at radius 2 is 1.71 bits per heavy atom. The maximum Gasteiger partial charge on any atom is 0.160 e. The van der Waals surface area contributed by atoms with E-state index in [1.165, 1.54) is 5.56 Å². The van der Waals surface area contributed by atoms with Crippen LogP contribution in [0.1, 0.15) is 18.1 Å². The number of hydrogen-bond donors (Lipinski definition) is 1. The van der Waals surface area contributed by atoms with E-state index in [4.69, 9.17) is 25.8 Å². The van der Waals surface area contributed by atoms with Crippen LogP contribution < -0.4 is 19.5 Å². The van der Waals surface area contributed by atoms with Gasteiger partial charge >= 0.3 is 0 Å². The van der Waals surface area contributed by atoms with Crippen LogP contribution in [0.3, 0.4) is 0 Å². The van der Waals surface area contributed by atoms with Gasteiger partial charge in [0.1, 0.15) is 5.75 Å². The van der Waals surface area contributed by atoms with Gasteiger partial charge in [-0.15, -0.1) is 0 Å². The predicted octanol–water partition coefficient (Wildman–Crippen LogP) is 4.09. The van der Waals surface area contributed by atoms with E-state index in [1.54, 1.807) is 14.2 Å². The molecule has 24 heavy (non-hydrogen) atoms. The number of halogens is 1. The van der Waals surface area contributed by atoms with Gasteiger partial charge < -0.3 is 19.5 Å². The fourth-order valence-electron chi connectivity index (χ4n) is 2.47. The normalized spacial score (nSPS) is 10.5. The van der Waals surface area contributed by atoms with E-state index in [0.717, 1.165) is 40.8 Å². The molecule has 0 radical (unpaired) electrons. The number of benzene rings is 2. The van der Waals surface area contributed by atoms with E-state index >= 15 is 0 Å². The molecule has 2 rings (SSSR count). The van der Waals surface area contributed by atoms with Crippen LogP contribution in [0, 0.1) is 0 Å². The summed E-state index contributed by atoms with van der Waals surface area (Å²) in [7, 11) is 3.29. The first-order valence-corrected chi connectivity index (χ1v) is 8.38. The van der Waals surface area contributed by atoms with Crippen LogP contribution in [-0.4, -0.2) is 27.4 Å². The zero-order valence-electron chi connectivity index (χ0n) is 14.4. The lowest BCUT2D eigenvalue weighted by Crippen LogP contribution is -2.17. The molecule has 0 aliphatic rings. The minimum atomic E-state index is 0.639. The molecule has 130 valence electrons. The van der Waals surface area contributed by atoms with E-state index in [1.807, 2.05) is 43.3 Å². The van der Waals surface area contributed by atoms with Crippen LogP contribution in [0.2, 0.25) is 5.02 Å². The van der Waals surface area contributed by atoms with Gasteiger partial charge in [0.2, 0.25) is 0 Å². The van der Waals surface area contributed by atoms with E-state index in [0.29, 0.717) is 13.2 Å². The minimum absolute atomic E-state index is 0.639. The van der Waals surface area contributed by atoms with Crippen molar-refractivity contribution in [3.05, 3.63) is 52.5 Å². The molecular weight excluding hydrogens is 326 g/mol. The van der Waals surface area contributed by atoms with Gasteiger partial charge in [-0.1, -0.05) is 17.7 Å². The second-order valence-corrected chi connectivity index (χ2v) is 5.74. The highest BCUT2D eigenvalue weighted by Gasteiger charge is 2.06. The van der Waals surface area contributed by atoms with Crippen molar-refractivity contribution in [2.45, 2.75) is 19.9 Å². The summed E-state index contributed by atoms with van der Waals surface area (Å²) >= 11 is 6.08. The smallest absolute Gasteiger partial charge is 0.160 e. The molecule has 0 unspecified atom stereocenters. The molecule has 0 atom stereocenters. The Bertz CT molecular complexity index is 661. The Labute approximate surface area is 148 Å². The highest BCUT2D eigenvalue weighted by Crippen LogP contribution is 2.27. The number of hydrogen-bond acceptors (Lipinski definition) is 4. The molecule has 2 aromatic rings. The van der Waals surface area contributed by atoms with E-state index in [2.05, 4.69) is 5.32 Å². The standard InChI is InChI=1S/C19H24ClNO3/c1-4-24-17-8-6-16(20)12-15(17)13-21-10-9-14-5-7-18(22-2)19(11-14)23-3/h5-8,11-12,21H,4,9-10,13H2,1-3H3.